The number of rotatable bonds is 9. The summed E-state index contributed by atoms with van der Waals surface area (Å²) in [6.45, 7) is 0.185. The van der Waals surface area contributed by atoms with Crippen molar-refractivity contribution in [2.24, 2.45) is 0 Å². The molecule has 0 aliphatic rings. The van der Waals surface area contributed by atoms with Crippen LogP contribution in [0.3, 0.4) is 0 Å². The van der Waals surface area contributed by atoms with Crippen LogP contribution in [0.25, 0.3) is 33.1 Å². The van der Waals surface area contributed by atoms with E-state index in [0.717, 1.165) is 0 Å². The number of fused-ring (bicyclic) bond motifs is 4. The largest absolute Gasteiger partial charge is 0.285 e. The van der Waals surface area contributed by atoms with Gasteiger partial charge < -0.3 is 0 Å². The standard InChI is InChI=1S/C36H24Cl2N8O4S2/c37-21-9-11-29-39-23(15-31(47)45(29)17-21)19-51-35-41-27-7-3-1-5-25(27)33(49)43(35)13-14-44-34(50)26-6-2-4-8-28(26)42-36(44)52-20-24-16-32(48)46-18-22(38)10-12-30(46)40-24/h1-12,15-18H,13-14,19-20H2. The summed E-state index contributed by atoms with van der Waals surface area (Å²) in [7, 11) is 0. The monoisotopic (exact) mass is 766 g/mol. The number of pyridine rings is 2. The lowest BCUT2D eigenvalue weighted by molar-refractivity contribution is 0.486. The fourth-order valence-electron chi connectivity index (χ4n) is 5.79. The van der Waals surface area contributed by atoms with Gasteiger partial charge in [0.2, 0.25) is 0 Å². The number of halogens is 2. The molecule has 6 aromatic heterocycles. The maximum Gasteiger partial charge on any atom is 0.262 e. The van der Waals surface area contributed by atoms with Crippen LogP contribution in [0, 0.1) is 0 Å². The van der Waals surface area contributed by atoms with E-state index in [1.54, 1.807) is 60.7 Å². The SMILES string of the molecule is O=c1c2ccccc2nc(SCc2cc(=O)n3cc(Cl)ccc3n2)n1CCn1c(SCc2cc(=O)n3cc(Cl)ccc3n2)nc2ccccc2c1=O. The summed E-state index contributed by atoms with van der Waals surface area (Å²) >= 11 is 14.7. The van der Waals surface area contributed by atoms with Crippen molar-refractivity contribution in [3.05, 3.63) is 160 Å². The minimum Gasteiger partial charge on any atom is -0.285 e. The molecule has 0 saturated carbocycles. The molecule has 0 radical (unpaired) electrons. The molecule has 0 aliphatic carbocycles. The van der Waals surface area contributed by atoms with Gasteiger partial charge in [-0.15, -0.1) is 0 Å². The Bertz CT molecular complexity index is 2760. The number of nitrogens with zero attached hydrogens (tertiary/aromatic N) is 8. The molecular formula is C36H24Cl2N8O4S2. The van der Waals surface area contributed by atoms with E-state index in [-0.39, 0.29) is 46.8 Å². The fourth-order valence-corrected chi connectivity index (χ4v) is 7.94. The maximum absolute atomic E-state index is 14.0. The summed E-state index contributed by atoms with van der Waals surface area (Å²) in [6.07, 6.45) is 3.02. The normalized spacial score (nSPS) is 11.7. The second-order valence-electron chi connectivity index (χ2n) is 11.6. The predicted octanol–water partition coefficient (Wildman–Crippen LogP) is 5.71. The van der Waals surface area contributed by atoms with E-state index in [1.165, 1.54) is 66.0 Å². The molecule has 0 N–H and O–H groups in total. The topological polar surface area (TPSA) is 139 Å². The molecule has 12 nitrogen and oxygen atoms in total. The maximum atomic E-state index is 14.0. The van der Waals surface area contributed by atoms with Gasteiger partial charge in [-0.05, 0) is 48.5 Å². The molecule has 0 atom stereocenters. The Morgan fingerprint density at radius 2 is 0.962 bits per heavy atom. The molecule has 0 bridgehead atoms. The molecule has 16 heteroatoms. The lowest BCUT2D eigenvalue weighted by atomic mass is 10.2. The molecule has 52 heavy (non-hydrogen) atoms. The van der Waals surface area contributed by atoms with Gasteiger partial charge >= 0.3 is 0 Å². The summed E-state index contributed by atoms with van der Waals surface area (Å²) in [5.41, 5.74) is 1.83. The highest BCUT2D eigenvalue weighted by Crippen LogP contribution is 2.24. The Morgan fingerprint density at radius 3 is 1.40 bits per heavy atom. The first-order valence-corrected chi connectivity index (χ1v) is 18.5. The lowest BCUT2D eigenvalue weighted by Gasteiger charge is -2.16. The van der Waals surface area contributed by atoms with Crippen molar-refractivity contribution in [3.63, 3.8) is 0 Å². The zero-order valence-electron chi connectivity index (χ0n) is 26.8. The van der Waals surface area contributed by atoms with Crippen LogP contribution in [-0.2, 0) is 24.6 Å². The smallest absolute Gasteiger partial charge is 0.262 e. The van der Waals surface area contributed by atoms with Crippen molar-refractivity contribution in [1.29, 1.82) is 0 Å². The van der Waals surface area contributed by atoms with Crippen molar-refractivity contribution < 1.29 is 0 Å². The van der Waals surface area contributed by atoms with Crippen LogP contribution in [0.5, 0.6) is 0 Å². The van der Waals surface area contributed by atoms with Crippen LogP contribution < -0.4 is 22.2 Å². The Morgan fingerprint density at radius 1 is 0.538 bits per heavy atom. The summed E-state index contributed by atoms with van der Waals surface area (Å²) < 4.78 is 5.81. The van der Waals surface area contributed by atoms with E-state index in [0.29, 0.717) is 64.8 Å². The van der Waals surface area contributed by atoms with Gasteiger partial charge in [-0.25, -0.2) is 19.9 Å². The van der Waals surface area contributed by atoms with Gasteiger partial charge in [0.25, 0.3) is 22.2 Å². The van der Waals surface area contributed by atoms with Gasteiger partial charge in [0.05, 0.1) is 43.2 Å². The van der Waals surface area contributed by atoms with Gasteiger partial charge in [0, 0.05) is 49.1 Å². The van der Waals surface area contributed by atoms with Crippen molar-refractivity contribution >= 4 is 79.8 Å². The van der Waals surface area contributed by atoms with Crippen LogP contribution in [0.2, 0.25) is 10.0 Å². The van der Waals surface area contributed by atoms with E-state index in [2.05, 4.69) is 9.97 Å². The highest BCUT2D eigenvalue weighted by atomic mass is 35.5. The molecule has 8 aromatic rings. The molecule has 0 fully saturated rings. The van der Waals surface area contributed by atoms with Crippen LogP contribution in [0.15, 0.2) is 127 Å². The predicted molar refractivity (Wildman–Crippen MR) is 204 cm³/mol. The van der Waals surface area contributed by atoms with E-state index in [9.17, 15) is 19.2 Å². The summed E-state index contributed by atoms with van der Waals surface area (Å²) in [4.78, 5) is 72.4. The number of thioether (sulfide) groups is 2. The van der Waals surface area contributed by atoms with Crippen LogP contribution >= 0.6 is 46.7 Å². The van der Waals surface area contributed by atoms with Gasteiger partial charge in [0.15, 0.2) is 10.3 Å². The lowest BCUT2D eigenvalue weighted by Crippen LogP contribution is -2.30. The van der Waals surface area contributed by atoms with Crippen molar-refractivity contribution in [1.82, 2.24) is 37.9 Å². The molecule has 8 rings (SSSR count). The van der Waals surface area contributed by atoms with Crippen molar-refractivity contribution in [3.8, 4) is 0 Å². The molecular weight excluding hydrogens is 743 g/mol. The third-order valence-electron chi connectivity index (χ3n) is 8.25. The molecule has 0 spiro atoms. The third kappa shape index (κ3) is 6.61. The molecule has 0 saturated heterocycles. The summed E-state index contributed by atoms with van der Waals surface area (Å²) in [6, 6.07) is 23.6. The van der Waals surface area contributed by atoms with E-state index in [1.807, 2.05) is 12.1 Å². The molecule has 0 aliphatic heterocycles. The second-order valence-corrected chi connectivity index (χ2v) is 14.4. The average molecular weight is 768 g/mol. The number of hydrogen-bond acceptors (Lipinski definition) is 10. The zero-order valence-corrected chi connectivity index (χ0v) is 30.0. The first kappa shape index (κ1) is 33.8. The first-order chi connectivity index (χ1) is 25.2. The molecule has 0 unspecified atom stereocenters. The Kier molecular flexibility index (Phi) is 9.13. The third-order valence-corrected chi connectivity index (χ3v) is 10.7. The van der Waals surface area contributed by atoms with Gasteiger partial charge in [-0.2, -0.15) is 0 Å². The average Bonchev–Trinajstić information content (AvgIpc) is 3.14. The fraction of sp³-hybridized carbons (Fsp3) is 0.111. The van der Waals surface area contributed by atoms with Crippen molar-refractivity contribution in [2.75, 3.05) is 0 Å². The summed E-state index contributed by atoms with van der Waals surface area (Å²) in [5, 5.41) is 2.49. The highest BCUT2D eigenvalue weighted by Gasteiger charge is 2.17. The minimum atomic E-state index is -0.284. The molecule has 2 aromatic carbocycles. The number of para-hydroxylation sites is 2. The Hall–Kier alpha value is -5.28. The number of hydrogen-bond donors (Lipinski definition) is 0. The Balaban J connectivity index is 1.14. The van der Waals surface area contributed by atoms with Crippen LogP contribution in [0.4, 0.5) is 0 Å². The molecule has 6 heterocycles. The molecule has 0 amide bonds. The van der Waals surface area contributed by atoms with Crippen molar-refractivity contribution in [2.45, 2.75) is 34.9 Å². The van der Waals surface area contributed by atoms with Gasteiger partial charge in [-0.3, -0.25) is 37.1 Å². The van der Waals surface area contributed by atoms with E-state index in [4.69, 9.17) is 33.2 Å². The van der Waals surface area contributed by atoms with Gasteiger partial charge in [-0.1, -0.05) is 71.0 Å². The highest BCUT2D eigenvalue weighted by molar-refractivity contribution is 7.98. The number of aromatic nitrogens is 8. The Labute approximate surface area is 311 Å². The summed E-state index contributed by atoms with van der Waals surface area (Å²) in [5.74, 6) is 0.505. The number of benzene rings is 2. The minimum absolute atomic E-state index is 0.0924. The quantitative estimate of drug-likeness (QED) is 0.133. The van der Waals surface area contributed by atoms with E-state index < -0.39 is 0 Å². The zero-order chi connectivity index (χ0) is 35.9. The van der Waals surface area contributed by atoms with Crippen LogP contribution in [0.1, 0.15) is 11.4 Å². The van der Waals surface area contributed by atoms with Gasteiger partial charge in [0.1, 0.15) is 11.3 Å². The second kappa shape index (κ2) is 14.0. The first-order valence-electron chi connectivity index (χ1n) is 15.8. The van der Waals surface area contributed by atoms with Crippen LogP contribution in [-0.4, -0.2) is 37.9 Å². The van der Waals surface area contributed by atoms with E-state index >= 15 is 0 Å². The molecule has 258 valence electrons.